The van der Waals surface area contributed by atoms with E-state index in [1.54, 1.807) is 12.4 Å². The minimum Gasteiger partial charge on any atom is -0.394 e. The molecule has 0 amide bonds. The summed E-state index contributed by atoms with van der Waals surface area (Å²) in [6.07, 6.45) is 3.47. The fourth-order valence-electron chi connectivity index (χ4n) is 2.74. The first kappa shape index (κ1) is 20.2. The Labute approximate surface area is 173 Å². The van der Waals surface area contributed by atoms with Gasteiger partial charge in [0.25, 0.3) is 0 Å². The molecular formula is C21H24BrN5O. The normalized spacial score (nSPS) is 12.1. The van der Waals surface area contributed by atoms with Gasteiger partial charge in [0, 0.05) is 34.2 Å². The third kappa shape index (κ3) is 5.05. The number of anilines is 3. The first-order valence-corrected chi connectivity index (χ1v) is 9.95. The maximum Gasteiger partial charge on any atom is 0.225 e. The topological polar surface area (TPSA) is 83.0 Å². The van der Waals surface area contributed by atoms with Gasteiger partial charge in [-0.25, -0.2) is 4.98 Å². The van der Waals surface area contributed by atoms with E-state index in [4.69, 9.17) is 0 Å². The Bertz CT molecular complexity index is 933. The van der Waals surface area contributed by atoms with Crippen LogP contribution in [0, 0.1) is 12.8 Å². The molecule has 0 unspecified atom stereocenters. The van der Waals surface area contributed by atoms with Crippen LogP contribution < -0.4 is 10.6 Å². The molecule has 6 nitrogen and oxygen atoms in total. The van der Waals surface area contributed by atoms with E-state index in [-0.39, 0.29) is 18.6 Å². The van der Waals surface area contributed by atoms with Crippen LogP contribution in [0.4, 0.5) is 17.5 Å². The molecule has 1 atom stereocenters. The Kier molecular flexibility index (Phi) is 6.59. The lowest BCUT2D eigenvalue weighted by Gasteiger charge is -2.21. The van der Waals surface area contributed by atoms with Gasteiger partial charge in [0.15, 0.2) is 0 Å². The van der Waals surface area contributed by atoms with Crippen molar-refractivity contribution in [3.8, 4) is 11.3 Å². The molecule has 2 heterocycles. The highest BCUT2D eigenvalue weighted by Gasteiger charge is 2.15. The van der Waals surface area contributed by atoms with Crippen molar-refractivity contribution in [2.75, 3.05) is 17.2 Å². The molecule has 2 aromatic heterocycles. The number of pyridine rings is 1. The lowest BCUT2D eigenvalue weighted by atomic mass is 10.1. The van der Waals surface area contributed by atoms with Gasteiger partial charge >= 0.3 is 0 Å². The summed E-state index contributed by atoms with van der Waals surface area (Å²) in [7, 11) is 0. The third-order valence-electron chi connectivity index (χ3n) is 4.47. The number of hydrogen-bond acceptors (Lipinski definition) is 6. The van der Waals surface area contributed by atoms with Crippen molar-refractivity contribution in [1.29, 1.82) is 0 Å². The predicted molar refractivity (Wildman–Crippen MR) is 117 cm³/mol. The van der Waals surface area contributed by atoms with E-state index in [9.17, 15) is 5.11 Å². The zero-order valence-electron chi connectivity index (χ0n) is 16.1. The summed E-state index contributed by atoms with van der Waals surface area (Å²) in [5.41, 5.74) is 3.79. The van der Waals surface area contributed by atoms with Crippen LogP contribution in [0.1, 0.15) is 19.4 Å². The van der Waals surface area contributed by atoms with Gasteiger partial charge in [0.2, 0.25) is 5.95 Å². The maximum atomic E-state index is 9.66. The number of rotatable bonds is 7. The summed E-state index contributed by atoms with van der Waals surface area (Å²) in [5.74, 6) is 1.39. The summed E-state index contributed by atoms with van der Waals surface area (Å²) in [6.45, 7) is 6.14. The second kappa shape index (κ2) is 9.12. The lowest BCUT2D eigenvalue weighted by Crippen LogP contribution is -2.30. The molecule has 0 saturated carbocycles. The molecule has 0 saturated heterocycles. The van der Waals surface area contributed by atoms with Crippen molar-refractivity contribution in [2.45, 2.75) is 26.8 Å². The molecule has 7 heteroatoms. The van der Waals surface area contributed by atoms with E-state index in [2.05, 4.69) is 41.5 Å². The number of aliphatic hydroxyl groups excluding tert-OH is 1. The average Bonchev–Trinajstić information content (AvgIpc) is 2.68. The summed E-state index contributed by atoms with van der Waals surface area (Å²) in [5, 5.41) is 16.3. The van der Waals surface area contributed by atoms with E-state index in [1.807, 2.05) is 57.2 Å². The number of hydrogen-bond donors (Lipinski definition) is 3. The second-order valence-corrected chi connectivity index (χ2v) is 7.88. The Balaban J connectivity index is 1.99. The molecule has 0 aliphatic rings. The van der Waals surface area contributed by atoms with Crippen LogP contribution in [-0.2, 0) is 0 Å². The minimum absolute atomic E-state index is 0.00902. The van der Waals surface area contributed by atoms with Crippen molar-refractivity contribution in [2.24, 2.45) is 5.92 Å². The van der Waals surface area contributed by atoms with Crippen molar-refractivity contribution in [1.82, 2.24) is 15.0 Å². The van der Waals surface area contributed by atoms with Gasteiger partial charge in [-0.15, -0.1) is 0 Å². The zero-order chi connectivity index (χ0) is 20.1. The molecule has 1 aromatic carbocycles. The number of benzene rings is 1. The third-order valence-corrected chi connectivity index (χ3v) is 4.96. The van der Waals surface area contributed by atoms with Crippen LogP contribution in [0.2, 0.25) is 0 Å². The first-order valence-electron chi connectivity index (χ1n) is 9.16. The number of nitrogens with one attached hydrogen (secondary N) is 2. The van der Waals surface area contributed by atoms with E-state index in [0.29, 0.717) is 11.8 Å². The molecule has 3 aromatic rings. The molecule has 0 aliphatic carbocycles. The second-order valence-electron chi connectivity index (χ2n) is 6.96. The van der Waals surface area contributed by atoms with Crippen LogP contribution in [0.5, 0.6) is 0 Å². The van der Waals surface area contributed by atoms with E-state index >= 15 is 0 Å². The van der Waals surface area contributed by atoms with Crippen LogP contribution in [0.25, 0.3) is 11.3 Å². The minimum atomic E-state index is -0.130. The van der Waals surface area contributed by atoms with Crippen molar-refractivity contribution < 1.29 is 5.11 Å². The lowest BCUT2D eigenvalue weighted by molar-refractivity contribution is 0.248. The molecular weight excluding hydrogens is 418 g/mol. The number of aliphatic hydroxyl groups is 1. The van der Waals surface area contributed by atoms with Crippen LogP contribution in [0.3, 0.4) is 0 Å². The monoisotopic (exact) mass is 441 g/mol. The Hall–Kier alpha value is -2.51. The SMILES string of the molecule is Cc1cc(Br)ccc1Nc1cc(-c2ccncc2)nc(N[C@H](CO)C(C)C)n1. The van der Waals surface area contributed by atoms with Crippen molar-refractivity contribution in [3.63, 3.8) is 0 Å². The highest BCUT2D eigenvalue weighted by atomic mass is 79.9. The predicted octanol–water partition coefficient (Wildman–Crippen LogP) is 4.78. The van der Waals surface area contributed by atoms with Gasteiger partial charge in [-0.05, 0) is 48.7 Å². The van der Waals surface area contributed by atoms with Crippen LogP contribution >= 0.6 is 15.9 Å². The average molecular weight is 442 g/mol. The standard InChI is InChI=1S/C21H24BrN5O/c1-13(2)19(12-28)26-21-25-18(15-6-8-23-9-7-15)11-20(27-21)24-17-5-4-16(22)10-14(17)3/h4-11,13,19,28H,12H2,1-3H3,(H2,24,25,26,27)/t19-/m1/s1. The summed E-state index contributed by atoms with van der Waals surface area (Å²) >= 11 is 3.49. The molecule has 0 fully saturated rings. The zero-order valence-corrected chi connectivity index (χ0v) is 17.7. The van der Waals surface area contributed by atoms with Gasteiger partial charge in [0.05, 0.1) is 18.3 Å². The number of aryl methyl sites for hydroxylation is 1. The van der Waals surface area contributed by atoms with Crippen molar-refractivity contribution in [3.05, 3.63) is 58.8 Å². The fraction of sp³-hybridized carbons (Fsp3) is 0.286. The van der Waals surface area contributed by atoms with Gasteiger partial charge in [-0.3, -0.25) is 4.98 Å². The van der Waals surface area contributed by atoms with Gasteiger partial charge in [-0.1, -0.05) is 29.8 Å². The van der Waals surface area contributed by atoms with Crippen LogP contribution in [0.15, 0.2) is 53.3 Å². The van der Waals surface area contributed by atoms with Gasteiger partial charge in [-0.2, -0.15) is 4.98 Å². The molecule has 3 rings (SSSR count). The summed E-state index contributed by atoms with van der Waals surface area (Å²) in [6, 6.07) is 11.6. The first-order chi connectivity index (χ1) is 13.5. The molecule has 0 spiro atoms. The van der Waals surface area contributed by atoms with Gasteiger partial charge in [0.1, 0.15) is 5.82 Å². The number of aromatic nitrogens is 3. The molecule has 28 heavy (non-hydrogen) atoms. The van der Waals surface area contributed by atoms with Gasteiger partial charge < -0.3 is 15.7 Å². The van der Waals surface area contributed by atoms with E-state index < -0.39 is 0 Å². The highest BCUT2D eigenvalue weighted by molar-refractivity contribution is 9.10. The number of nitrogens with zero attached hydrogens (tertiary/aromatic N) is 3. The molecule has 3 N–H and O–H groups in total. The maximum absolute atomic E-state index is 9.66. The smallest absolute Gasteiger partial charge is 0.225 e. The Morgan fingerprint density at radius 2 is 1.82 bits per heavy atom. The van der Waals surface area contributed by atoms with Crippen molar-refractivity contribution >= 4 is 33.4 Å². The largest absolute Gasteiger partial charge is 0.394 e. The fourth-order valence-corrected chi connectivity index (χ4v) is 3.22. The molecule has 0 aliphatic heterocycles. The summed E-state index contributed by atoms with van der Waals surface area (Å²) in [4.78, 5) is 13.3. The Morgan fingerprint density at radius 3 is 2.46 bits per heavy atom. The summed E-state index contributed by atoms with van der Waals surface area (Å²) < 4.78 is 1.03. The number of halogens is 1. The molecule has 0 bridgehead atoms. The van der Waals surface area contributed by atoms with E-state index in [0.717, 1.165) is 27.0 Å². The highest BCUT2D eigenvalue weighted by Crippen LogP contribution is 2.26. The Morgan fingerprint density at radius 1 is 1.07 bits per heavy atom. The van der Waals surface area contributed by atoms with Crippen LogP contribution in [-0.4, -0.2) is 32.7 Å². The van der Waals surface area contributed by atoms with E-state index in [1.165, 1.54) is 0 Å². The quantitative estimate of drug-likeness (QED) is 0.489. The molecule has 146 valence electrons. The molecule has 0 radical (unpaired) electrons.